The fourth-order valence-corrected chi connectivity index (χ4v) is 1.12. The molecule has 0 atom stereocenters. The van der Waals surface area contributed by atoms with Crippen LogP contribution in [0.5, 0.6) is 0 Å². The van der Waals surface area contributed by atoms with Crippen molar-refractivity contribution in [2.24, 2.45) is 0 Å². The molecule has 0 fully saturated rings. The van der Waals surface area contributed by atoms with Gasteiger partial charge < -0.3 is 10.4 Å². The number of nitrogens with zero attached hydrogens (tertiary/aromatic N) is 1. The lowest BCUT2D eigenvalue weighted by Crippen LogP contribution is -1.83. The molecule has 12 heavy (non-hydrogen) atoms. The molecule has 0 unspecified atom stereocenters. The van der Waals surface area contributed by atoms with E-state index in [-0.39, 0.29) is 0 Å². The van der Waals surface area contributed by atoms with Gasteiger partial charge in [-0.25, -0.2) is 0 Å². The number of nitrogens with one attached hydrogen (secondary N) is 3. The van der Waals surface area contributed by atoms with Gasteiger partial charge in [0.1, 0.15) is 0 Å². The second kappa shape index (κ2) is 2.65. The lowest BCUT2D eigenvalue weighted by Gasteiger charge is -1.92. The fourth-order valence-electron chi connectivity index (χ4n) is 1.12. The number of aromatic amines is 2. The van der Waals surface area contributed by atoms with Crippen LogP contribution in [0, 0.1) is 5.41 Å². The molecule has 0 saturated heterocycles. The van der Waals surface area contributed by atoms with Gasteiger partial charge in [0.15, 0.2) is 0 Å². The molecule has 2 heterocycles. The zero-order valence-corrected chi connectivity index (χ0v) is 6.33. The van der Waals surface area contributed by atoms with Gasteiger partial charge in [0.05, 0.1) is 11.9 Å². The van der Waals surface area contributed by atoms with E-state index in [2.05, 4.69) is 15.2 Å². The van der Waals surface area contributed by atoms with Crippen molar-refractivity contribution in [2.45, 2.75) is 0 Å². The molecular formula is C8H8N4. The molecule has 2 aromatic rings. The highest BCUT2D eigenvalue weighted by Gasteiger charge is 2.04. The van der Waals surface area contributed by atoms with Crippen molar-refractivity contribution in [1.82, 2.24) is 15.2 Å². The standard InChI is InChI=1S/C8H8N4/c9-4-8-6(5-11-12-8)7-2-1-3-10-7/h1-5,9-10H,(H,11,12). The topological polar surface area (TPSA) is 68.3 Å². The van der Waals surface area contributed by atoms with Crippen LogP contribution in [0.15, 0.2) is 24.5 Å². The summed E-state index contributed by atoms with van der Waals surface area (Å²) in [6.07, 6.45) is 4.80. The van der Waals surface area contributed by atoms with Gasteiger partial charge >= 0.3 is 0 Å². The minimum Gasteiger partial charge on any atom is -0.361 e. The monoisotopic (exact) mass is 160 g/mol. The summed E-state index contributed by atoms with van der Waals surface area (Å²) < 4.78 is 0. The van der Waals surface area contributed by atoms with Crippen LogP contribution >= 0.6 is 0 Å². The van der Waals surface area contributed by atoms with Crippen molar-refractivity contribution in [3.63, 3.8) is 0 Å². The molecule has 3 N–H and O–H groups in total. The minimum atomic E-state index is 0.720. The number of hydrogen-bond donors (Lipinski definition) is 3. The zero-order valence-electron chi connectivity index (χ0n) is 6.33. The van der Waals surface area contributed by atoms with E-state index in [0.717, 1.165) is 17.0 Å². The molecule has 0 amide bonds. The van der Waals surface area contributed by atoms with Crippen molar-refractivity contribution in [1.29, 1.82) is 5.41 Å². The van der Waals surface area contributed by atoms with E-state index in [4.69, 9.17) is 5.41 Å². The van der Waals surface area contributed by atoms with Gasteiger partial charge in [-0.05, 0) is 12.1 Å². The molecule has 4 nitrogen and oxygen atoms in total. The highest BCUT2D eigenvalue weighted by molar-refractivity contribution is 5.85. The summed E-state index contributed by atoms with van der Waals surface area (Å²) in [6, 6.07) is 3.86. The largest absolute Gasteiger partial charge is 0.361 e. The maximum absolute atomic E-state index is 7.09. The first kappa shape index (κ1) is 6.84. The third kappa shape index (κ3) is 0.934. The van der Waals surface area contributed by atoms with E-state index in [1.807, 2.05) is 18.3 Å². The first-order valence-corrected chi connectivity index (χ1v) is 3.59. The van der Waals surface area contributed by atoms with E-state index < -0.39 is 0 Å². The average molecular weight is 160 g/mol. The second-order valence-electron chi connectivity index (χ2n) is 2.43. The Kier molecular flexibility index (Phi) is 1.51. The molecule has 2 rings (SSSR count). The molecular weight excluding hydrogens is 152 g/mol. The molecule has 0 saturated carbocycles. The average Bonchev–Trinajstić information content (AvgIpc) is 2.74. The van der Waals surface area contributed by atoms with Gasteiger partial charge in [0.2, 0.25) is 0 Å². The molecule has 2 aromatic heterocycles. The predicted octanol–water partition coefficient (Wildman–Crippen LogP) is 1.40. The number of aromatic nitrogens is 3. The van der Waals surface area contributed by atoms with Crippen LogP contribution in [0.4, 0.5) is 0 Å². The Balaban J connectivity index is 2.53. The Morgan fingerprint density at radius 1 is 1.50 bits per heavy atom. The summed E-state index contributed by atoms with van der Waals surface area (Å²) in [5.74, 6) is 0. The number of H-pyrrole nitrogens is 2. The summed E-state index contributed by atoms with van der Waals surface area (Å²) in [6.45, 7) is 0. The molecule has 0 radical (unpaired) electrons. The Bertz CT molecular complexity index is 371. The molecule has 0 aliphatic carbocycles. The van der Waals surface area contributed by atoms with Gasteiger partial charge in [-0.2, -0.15) is 5.10 Å². The number of hydrogen-bond acceptors (Lipinski definition) is 2. The van der Waals surface area contributed by atoms with Gasteiger partial charge in [0, 0.05) is 23.7 Å². The van der Waals surface area contributed by atoms with Crippen LogP contribution in [0.1, 0.15) is 5.69 Å². The van der Waals surface area contributed by atoms with Crippen LogP contribution < -0.4 is 0 Å². The highest BCUT2D eigenvalue weighted by atomic mass is 15.1. The van der Waals surface area contributed by atoms with E-state index >= 15 is 0 Å². The van der Waals surface area contributed by atoms with Crippen molar-refractivity contribution in [3.8, 4) is 11.3 Å². The Morgan fingerprint density at radius 2 is 2.42 bits per heavy atom. The van der Waals surface area contributed by atoms with Gasteiger partial charge in [0.25, 0.3) is 0 Å². The summed E-state index contributed by atoms with van der Waals surface area (Å²) in [5, 5.41) is 13.7. The first-order valence-electron chi connectivity index (χ1n) is 3.59. The van der Waals surface area contributed by atoms with E-state index in [0.29, 0.717) is 0 Å². The Labute approximate surface area is 69.1 Å². The highest BCUT2D eigenvalue weighted by Crippen LogP contribution is 2.17. The molecule has 0 bridgehead atoms. The van der Waals surface area contributed by atoms with Gasteiger partial charge in [-0.3, -0.25) is 5.10 Å². The summed E-state index contributed by atoms with van der Waals surface area (Å²) in [5.41, 5.74) is 2.62. The maximum Gasteiger partial charge on any atom is 0.0846 e. The summed E-state index contributed by atoms with van der Waals surface area (Å²) in [4.78, 5) is 3.05. The van der Waals surface area contributed by atoms with E-state index in [1.165, 1.54) is 6.21 Å². The lowest BCUT2D eigenvalue weighted by molar-refractivity contribution is 1.08. The normalized spacial score (nSPS) is 10.0. The Morgan fingerprint density at radius 3 is 3.08 bits per heavy atom. The zero-order chi connectivity index (χ0) is 8.39. The SMILES string of the molecule is N=Cc1[nH]ncc1-c1ccc[nH]1. The third-order valence-corrected chi connectivity index (χ3v) is 1.70. The fraction of sp³-hybridized carbons (Fsp3) is 0. The molecule has 0 aromatic carbocycles. The molecule has 0 spiro atoms. The van der Waals surface area contributed by atoms with Gasteiger partial charge in [-0.15, -0.1) is 0 Å². The summed E-state index contributed by atoms with van der Waals surface area (Å²) in [7, 11) is 0. The molecule has 0 aliphatic rings. The Hall–Kier alpha value is -1.84. The predicted molar refractivity (Wildman–Crippen MR) is 46.3 cm³/mol. The first-order chi connectivity index (χ1) is 5.92. The van der Waals surface area contributed by atoms with Crippen LogP contribution in [0.2, 0.25) is 0 Å². The third-order valence-electron chi connectivity index (χ3n) is 1.70. The lowest BCUT2D eigenvalue weighted by atomic mass is 10.2. The van der Waals surface area contributed by atoms with Crippen LogP contribution in [0.25, 0.3) is 11.3 Å². The van der Waals surface area contributed by atoms with Crippen molar-refractivity contribution in [3.05, 3.63) is 30.2 Å². The van der Waals surface area contributed by atoms with Crippen LogP contribution in [-0.2, 0) is 0 Å². The smallest absolute Gasteiger partial charge is 0.0846 e. The van der Waals surface area contributed by atoms with E-state index in [9.17, 15) is 0 Å². The number of rotatable bonds is 2. The van der Waals surface area contributed by atoms with Crippen LogP contribution in [-0.4, -0.2) is 21.4 Å². The van der Waals surface area contributed by atoms with Crippen molar-refractivity contribution in [2.75, 3.05) is 0 Å². The van der Waals surface area contributed by atoms with Crippen molar-refractivity contribution < 1.29 is 0 Å². The molecule has 60 valence electrons. The molecule has 0 aliphatic heterocycles. The van der Waals surface area contributed by atoms with Crippen LogP contribution in [0.3, 0.4) is 0 Å². The quantitative estimate of drug-likeness (QED) is 0.571. The second-order valence-corrected chi connectivity index (χ2v) is 2.43. The van der Waals surface area contributed by atoms with E-state index in [1.54, 1.807) is 6.20 Å². The minimum absolute atomic E-state index is 0.720. The molecule has 4 heteroatoms. The van der Waals surface area contributed by atoms with Crippen molar-refractivity contribution >= 4 is 6.21 Å². The summed E-state index contributed by atoms with van der Waals surface area (Å²) >= 11 is 0. The maximum atomic E-state index is 7.09. The van der Waals surface area contributed by atoms with Gasteiger partial charge in [-0.1, -0.05) is 0 Å².